The number of benzene rings is 9. The fraction of sp³-hybridized carbons (Fsp3) is 0. The molecular weight excluding hydrogens is 727 g/mol. The Kier molecular flexibility index (Phi) is 7.37. The minimum atomic E-state index is 0.599. The Morgan fingerprint density at radius 1 is 0.310 bits per heavy atom. The number of thiophene rings is 1. The summed E-state index contributed by atoms with van der Waals surface area (Å²) in [6, 6.07) is 66.4. The zero-order chi connectivity index (χ0) is 38.2. The van der Waals surface area contributed by atoms with E-state index in [1.165, 1.54) is 58.6 Å². The monoisotopic (exact) mass is 757 g/mol. The Balaban J connectivity index is 1.05. The number of aromatic nitrogens is 3. The summed E-state index contributed by atoms with van der Waals surface area (Å²) in [5.74, 6) is 1.86. The molecule has 0 unspecified atom stereocenters. The van der Waals surface area contributed by atoms with Gasteiger partial charge in [0.05, 0.1) is 0 Å². The molecular formula is C53H31N3OS. The summed E-state index contributed by atoms with van der Waals surface area (Å²) < 4.78 is 8.72. The summed E-state index contributed by atoms with van der Waals surface area (Å²) in [5, 5.41) is 9.43. The highest BCUT2D eigenvalue weighted by atomic mass is 32.1. The maximum atomic E-state index is 6.29. The number of rotatable bonds is 5. The predicted octanol–water partition coefficient (Wildman–Crippen LogP) is 14.8. The molecule has 0 saturated heterocycles. The van der Waals surface area contributed by atoms with Crippen LogP contribution in [0.25, 0.3) is 120 Å². The molecule has 0 aliphatic rings. The number of fused-ring (bicyclic) bond motifs is 9. The van der Waals surface area contributed by atoms with Gasteiger partial charge in [-0.05, 0) is 80.2 Å². The predicted molar refractivity (Wildman–Crippen MR) is 242 cm³/mol. The van der Waals surface area contributed by atoms with E-state index >= 15 is 0 Å². The summed E-state index contributed by atoms with van der Waals surface area (Å²) in [7, 11) is 0. The first-order valence-corrected chi connectivity index (χ1v) is 20.2. The van der Waals surface area contributed by atoms with Crippen LogP contribution in [0.3, 0.4) is 0 Å². The first-order valence-electron chi connectivity index (χ1n) is 19.4. The van der Waals surface area contributed by atoms with Gasteiger partial charge in [-0.25, -0.2) is 15.0 Å². The lowest BCUT2D eigenvalue weighted by molar-refractivity contribution is 0.669. The van der Waals surface area contributed by atoms with Gasteiger partial charge in [-0.1, -0.05) is 152 Å². The highest BCUT2D eigenvalue weighted by Gasteiger charge is 2.20. The maximum absolute atomic E-state index is 6.29. The molecule has 0 saturated carbocycles. The fourth-order valence-electron chi connectivity index (χ4n) is 8.62. The zero-order valence-corrected chi connectivity index (χ0v) is 31.9. The van der Waals surface area contributed by atoms with Crippen molar-refractivity contribution in [2.24, 2.45) is 0 Å². The number of para-hydroxylation sites is 1. The Morgan fingerprint density at radius 2 is 0.862 bits per heavy atom. The van der Waals surface area contributed by atoms with Crippen LogP contribution in [0.5, 0.6) is 0 Å². The molecule has 0 aliphatic carbocycles. The fourth-order valence-corrected chi connectivity index (χ4v) is 9.76. The van der Waals surface area contributed by atoms with E-state index in [1.807, 2.05) is 53.8 Å². The molecule has 0 spiro atoms. The summed E-state index contributed by atoms with van der Waals surface area (Å²) in [6.07, 6.45) is 0. The van der Waals surface area contributed by atoms with Crippen molar-refractivity contribution in [1.29, 1.82) is 0 Å². The Bertz CT molecular complexity index is 3570. The van der Waals surface area contributed by atoms with Crippen LogP contribution in [0.1, 0.15) is 0 Å². The molecule has 0 radical (unpaired) electrons. The summed E-state index contributed by atoms with van der Waals surface area (Å²) in [5.41, 5.74) is 9.34. The average Bonchev–Trinajstić information content (AvgIpc) is 3.86. The van der Waals surface area contributed by atoms with Crippen molar-refractivity contribution < 1.29 is 4.42 Å². The van der Waals surface area contributed by atoms with Gasteiger partial charge in [0.15, 0.2) is 17.5 Å². The zero-order valence-electron chi connectivity index (χ0n) is 31.1. The topological polar surface area (TPSA) is 51.8 Å². The third kappa shape index (κ3) is 5.25. The van der Waals surface area contributed by atoms with E-state index in [4.69, 9.17) is 19.4 Å². The summed E-state index contributed by atoms with van der Waals surface area (Å²) in [4.78, 5) is 15.5. The Labute approximate surface area is 337 Å². The standard InChI is InChI=1S/C53H31N3OS/c1-3-13-32(14-4-1)36-26-27-37(39-18-8-7-17-38(36)39)34-24-28-48-45(29-34)50-43-21-10-9-19-40(43)44(31-49(50)58-48)53-55-51(33-15-5-2-6-16-33)54-52(56-53)35-23-25-42-41-20-11-12-22-46(41)57-47(42)30-35/h1-31H. The van der Waals surface area contributed by atoms with Gasteiger partial charge in [0, 0.05) is 47.6 Å². The van der Waals surface area contributed by atoms with Crippen molar-refractivity contribution in [3.63, 3.8) is 0 Å². The SMILES string of the molecule is c1ccc(-c2nc(-c3ccc4c(c3)oc3ccccc34)nc(-c3cc4sc5ccc(-c6ccc(-c7ccccc7)c7ccccc67)cc5c4c4ccccc34)n2)cc1. The largest absolute Gasteiger partial charge is 0.456 e. The molecule has 0 N–H and O–H groups in total. The van der Waals surface area contributed by atoms with E-state index in [1.54, 1.807) is 0 Å². The van der Waals surface area contributed by atoms with Crippen molar-refractivity contribution in [1.82, 2.24) is 15.0 Å². The van der Waals surface area contributed by atoms with Gasteiger partial charge < -0.3 is 4.42 Å². The minimum Gasteiger partial charge on any atom is -0.456 e. The van der Waals surface area contributed by atoms with Crippen LogP contribution in [-0.4, -0.2) is 15.0 Å². The van der Waals surface area contributed by atoms with Gasteiger partial charge in [0.1, 0.15) is 11.2 Å². The smallest absolute Gasteiger partial charge is 0.164 e. The van der Waals surface area contributed by atoms with Crippen molar-refractivity contribution >= 4 is 75.0 Å². The van der Waals surface area contributed by atoms with Crippen LogP contribution in [0.15, 0.2) is 192 Å². The van der Waals surface area contributed by atoms with Crippen molar-refractivity contribution in [3.8, 4) is 56.4 Å². The minimum absolute atomic E-state index is 0.599. The quantitative estimate of drug-likeness (QED) is 0.175. The second kappa shape index (κ2) is 13.1. The lowest BCUT2D eigenvalue weighted by atomic mass is 9.91. The van der Waals surface area contributed by atoms with Gasteiger partial charge in [-0.2, -0.15) is 0 Å². The normalized spacial score (nSPS) is 11.8. The summed E-state index contributed by atoms with van der Waals surface area (Å²) >= 11 is 1.81. The van der Waals surface area contributed by atoms with Gasteiger partial charge in [0.25, 0.3) is 0 Å². The molecule has 5 heteroatoms. The molecule has 4 nitrogen and oxygen atoms in total. The number of furan rings is 1. The molecule has 0 amide bonds. The molecule has 0 fully saturated rings. The van der Waals surface area contributed by atoms with Gasteiger partial charge in [-0.15, -0.1) is 11.3 Å². The Morgan fingerprint density at radius 3 is 1.60 bits per heavy atom. The first-order chi connectivity index (χ1) is 28.7. The van der Waals surface area contributed by atoms with Gasteiger partial charge in [-0.3, -0.25) is 0 Å². The molecule has 3 heterocycles. The van der Waals surface area contributed by atoms with Crippen molar-refractivity contribution in [2.75, 3.05) is 0 Å². The van der Waals surface area contributed by atoms with Gasteiger partial charge in [0.2, 0.25) is 0 Å². The van der Waals surface area contributed by atoms with Crippen LogP contribution >= 0.6 is 11.3 Å². The van der Waals surface area contributed by atoms with E-state index in [0.717, 1.165) is 44.0 Å². The molecule has 3 aromatic heterocycles. The number of hydrogen-bond donors (Lipinski definition) is 0. The van der Waals surface area contributed by atoms with Crippen molar-refractivity contribution in [2.45, 2.75) is 0 Å². The van der Waals surface area contributed by atoms with Crippen LogP contribution < -0.4 is 0 Å². The van der Waals surface area contributed by atoms with Crippen LogP contribution in [0.4, 0.5) is 0 Å². The lowest BCUT2D eigenvalue weighted by Crippen LogP contribution is -2.00. The highest BCUT2D eigenvalue weighted by molar-refractivity contribution is 7.26. The van der Waals surface area contributed by atoms with E-state index in [-0.39, 0.29) is 0 Å². The molecule has 270 valence electrons. The summed E-state index contributed by atoms with van der Waals surface area (Å²) in [6.45, 7) is 0. The third-order valence-electron chi connectivity index (χ3n) is 11.3. The second-order valence-electron chi connectivity index (χ2n) is 14.7. The average molecular weight is 758 g/mol. The highest BCUT2D eigenvalue weighted by Crippen LogP contribution is 2.45. The second-order valence-corrected chi connectivity index (χ2v) is 15.8. The number of nitrogens with zero attached hydrogens (tertiary/aromatic N) is 3. The lowest BCUT2D eigenvalue weighted by Gasteiger charge is -2.13. The van der Waals surface area contributed by atoms with E-state index < -0.39 is 0 Å². The molecule has 0 atom stereocenters. The van der Waals surface area contributed by atoms with Gasteiger partial charge >= 0.3 is 0 Å². The Hall–Kier alpha value is -7.47. The van der Waals surface area contributed by atoms with E-state index in [0.29, 0.717) is 17.5 Å². The van der Waals surface area contributed by atoms with E-state index in [2.05, 4.69) is 146 Å². The molecule has 0 aliphatic heterocycles. The third-order valence-corrected chi connectivity index (χ3v) is 12.5. The van der Waals surface area contributed by atoms with Crippen LogP contribution in [-0.2, 0) is 0 Å². The molecule has 12 aromatic rings. The molecule has 12 rings (SSSR count). The molecule has 0 bridgehead atoms. The number of hydrogen-bond acceptors (Lipinski definition) is 5. The molecule has 9 aromatic carbocycles. The van der Waals surface area contributed by atoms with Crippen molar-refractivity contribution in [3.05, 3.63) is 188 Å². The van der Waals surface area contributed by atoms with E-state index in [9.17, 15) is 0 Å². The first kappa shape index (κ1) is 32.7. The maximum Gasteiger partial charge on any atom is 0.164 e. The van der Waals surface area contributed by atoms with Crippen LogP contribution in [0.2, 0.25) is 0 Å². The van der Waals surface area contributed by atoms with Crippen LogP contribution in [0, 0.1) is 0 Å². The molecule has 58 heavy (non-hydrogen) atoms.